The molecule has 3 aromatic rings. The number of hydrogen-bond donors (Lipinski definition) is 0. The van der Waals surface area contributed by atoms with Gasteiger partial charge in [-0.05, 0) is 36.6 Å². The Morgan fingerprint density at radius 2 is 1.77 bits per heavy atom. The molecule has 0 bridgehead atoms. The number of pyridine rings is 1. The van der Waals surface area contributed by atoms with Gasteiger partial charge in [-0.1, -0.05) is 51.1 Å². The average Bonchev–Trinajstić information content (AvgIpc) is 2.88. The monoisotopic (exact) mass is 292 g/mol. The van der Waals surface area contributed by atoms with Gasteiger partial charge in [0.05, 0.1) is 0 Å². The lowest BCUT2D eigenvalue weighted by Gasteiger charge is -2.21. The first kappa shape index (κ1) is 14.8. The minimum Gasteiger partial charge on any atom is -0.329 e. The number of fused-ring (bicyclic) bond motifs is 1. The van der Waals surface area contributed by atoms with Gasteiger partial charge in [-0.25, -0.2) is 4.98 Å². The Bertz CT molecular complexity index is 748. The Hall–Kier alpha value is -2.09. The average molecular weight is 292 g/mol. The van der Waals surface area contributed by atoms with Gasteiger partial charge in [-0.3, -0.25) is 0 Å². The van der Waals surface area contributed by atoms with Crippen LogP contribution in [0.5, 0.6) is 0 Å². The van der Waals surface area contributed by atoms with Gasteiger partial charge in [-0.2, -0.15) is 0 Å². The number of hydrogen-bond acceptors (Lipinski definition) is 1. The highest BCUT2D eigenvalue weighted by molar-refractivity contribution is 5.77. The summed E-state index contributed by atoms with van der Waals surface area (Å²) in [7, 11) is 0. The van der Waals surface area contributed by atoms with E-state index in [9.17, 15) is 0 Å². The van der Waals surface area contributed by atoms with E-state index in [0.717, 1.165) is 25.0 Å². The molecule has 0 unspecified atom stereocenters. The summed E-state index contributed by atoms with van der Waals surface area (Å²) in [6, 6.07) is 17.2. The van der Waals surface area contributed by atoms with Crippen molar-refractivity contribution in [3.8, 4) is 0 Å². The van der Waals surface area contributed by atoms with E-state index in [1.54, 1.807) is 0 Å². The van der Waals surface area contributed by atoms with Crippen LogP contribution >= 0.6 is 0 Å². The van der Waals surface area contributed by atoms with E-state index >= 15 is 0 Å². The second-order valence-electron chi connectivity index (χ2n) is 6.94. The van der Waals surface area contributed by atoms with Crippen LogP contribution in [0.15, 0.2) is 54.7 Å². The summed E-state index contributed by atoms with van der Waals surface area (Å²) in [4.78, 5) is 4.60. The van der Waals surface area contributed by atoms with Crippen molar-refractivity contribution in [2.24, 2.45) is 0 Å². The molecule has 0 saturated carbocycles. The molecule has 2 nitrogen and oxygen atoms in total. The molecule has 1 aromatic carbocycles. The van der Waals surface area contributed by atoms with Crippen LogP contribution in [0.2, 0.25) is 0 Å². The molecule has 0 aliphatic rings. The Balaban J connectivity index is 1.85. The fraction of sp³-hybridized carbons (Fsp3) is 0.350. The lowest BCUT2D eigenvalue weighted by molar-refractivity contribution is 0.513. The summed E-state index contributed by atoms with van der Waals surface area (Å²) < 4.78 is 2.40. The zero-order valence-electron chi connectivity index (χ0n) is 13.7. The van der Waals surface area contributed by atoms with Crippen molar-refractivity contribution in [2.75, 3.05) is 0 Å². The summed E-state index contributed by atoms with van der Waals surface area (Å²) in [5.41, 5.74) is 4.02. The highest BCUT2D eigenvalue weighted by Crippen LogP contribution is 2.28. The highest BCUT2D eigenvalue weighted by Gasteiger charge is 2.21. The lowest BCUT2D eigenvalue weighted by Crippen LogP contribution is -2.18. The van der Waals surface area contributed by atoms with Crippen LogP contribution in [0.25, 0.3) is 11.0 Å². The molecular weight excluding hydrogens is 268 g/mol. The first-order chi connectivity index (χ1) is 10.6. The van der Waals surface area contributed by atoms with E-state index in [2.05, 4.69) is 72.8 Å². The molecule has 114 valence electrons. The fourth-order valence-electron chi connectivity index (χ4n) is 3.02. The second kappa shape index (κ2) is 5.96. The van der Waals surface area contributed by atoms with E-state index in [1.807, 2.05) is 12.3 Å². The van der Waals surface area contributed by atoms with E-state index in [4.69, 9.17) is 0 Å². The molecule has 22 heavy (non-hydrogen) atoms. The zero-order valence-corrected chi connectivity index (χ0v) is 13.7. The number of rotatable bonds is 4. The van der Waals surface area contributed by atoms with Crippen molar-refractivity contribution in [3.05, 3.63) is 66.0 Å². The van der Waals surface area contributed by atoms with Crippen LogP contribution in [0.1, 0.15) is 38.4 Å². The van der Waals surface area contributed by atoms with Crippen molar-refractivity contribution < 1.29 is 0 Å². The Labute approximate surface area is 132 Å². The van der Waals surface area contributed by atoms with E-state index < -0.39 is 0 Å². The van der Waals surface area contributed by atoms with Crippen molar-refractivity contribution in [3.63, 3.8) is 0 Å². The Morgan fingerprint density at radius 1 is 1.00 bits per heavy atom. The number of benzene rings is 1. The van der Waals surface area contributed by atoms with E-state index in [0.29, 0.717) is 0 Å². The molecule has 3 rings (SSSR count). The summed E-state index contributed by atoms with van der Waals surface area (Å²) in [5, 5.41) is 1.24. The first-order valence-electron chi connectivity index (χ1n) is 8.04. The Morgan fingerprint density at radius 3 is 2.50 bits per heavy atom. The van der Waals surface area contributed by atoms with Gasteiger partial charge in [0.1, 0.15) is 5.65 Å². The van der Waals surface area contributed by atoms with Crippen LogP contribution < -0.4 is 0 Å². The normalized spacial score (nSPS) is 12.0. The van der Waals surface area contributed by atoms with Gasteiger partial charge in [0.25, 0.3) is 0 Å². The number of aryl methyl sites for hydroxylation is 2. The molecule has 2 heteroatoms. The topological polar surface area (TPSA) is 17.8 Å². The van der Waals surface area contributed by atoms with Gasteiger partial charge < -0.3 is 4.57 Å². The quantitative estimate of drug-likeness (QED) is 0.664. The van der Waals surface area contributed by atoms with Crippen molar-refractivity contribution in [1.29, 1.82) is 0 Å². The van der Waals surface area contributed by atoms with Crippen molar-refractivity contribution in [1.82, 2.24) is 9.55 Å². The minimum absolute atomic E-state index is 0.132. The van der Waals surface area contributed by atoms with Gasteiger partial charge >= 0.3 is 0 Å². The van der Waals surface area contributed by atoms with Crippen LogP contribution in [-0.2, 0) is 18.4 Å². The molecule has 0 saturated heterocycles. The minimum atomic E-state index is 0.132. The molecule has 0 fully saturated rings. The Kier molecular flexibility index (Phi) is 4.02. The standard InChI is InChI=1S/C20H24N2/c1-20(2,3)18-15-17-12-7-13-21-19(17)22(18)14-8-11-16-9-5-4-6-10-16/h4-7,9-10,12-13,15H,8,11,14H2,1-3H3. The summed E-state index contributed by atoms with van der Waals surface area (Å²) in [6.07, 6.45) is 4.13. The predicted molar refractivity (Wildman–Crippen MR) is 93.2 cm³/mol. The SMILES string of the molecule is CC(C)(C)c1cc2cccnc2n1CCCc1ccccc1. The zero-order chi connectivity index (χ0) is 15.6. The largest absolute Gasteiger partial charge is 0.329 e. The molecule has 0 atom stereocenters. The lowest BCUT2D eigenvalue weighted by atomic mass is 9.92. The van der Waals surface area contributed by atoms with E-state index in [1.165, 1.54) is 16.6 Å². The number of nitrogens with zero attached hydrogens (tertiary/aromatic N) is 2. The smallest absolute Gasteiger partial charge is 0.140 e. The van der Waals surface area contributed by atoms with Gasteiger partial charge in [0.2, 0.25) is 0 Å². The van der Waals surface area contributed by atoms with Crippen LogP contribution in [-0.4, -0.2) is 9.55 Å². The van der Waals surface area contributed by atoms with Crippen LogP contribution in [0, 0.1) is 0 Å². The van der Waals surface area contributed by atoms with Gasteiger partial charge in [0, 0.05) is 29.2 Å². The van der Waals surface area contributed by atoms with Crippen LogP contribution in [0.4, 0.5) is 0 Å². The first-order valence-corrected chi connectivity index (χ1v) is 8.04. The molecule has 0 radical (unpaired) electrons. The maximum atomic E-state index is 4.60. The molecule has 2 aromatic heterocycles. The molecular formula is C20H24N2. The third kappa shape index (κ3) is 3.06. The summed E-state index contributed by atoms with van der Waals surface area (Å²) in [5.74, 6) is 0. The van der Waals surface area contributed by atoms with Crippen molar-refractivity contribution in [2.45, 2.75) is 45.6 Å². The maximum absolute atomic E-state index is 4.60. The van der Waals surface area contributed by atoms with Gasteiger partial charge in [-0.15, -0.1) is 0 Å². The molecule has 0 amide bonds. The van der Waals surface area contributed by atoms with Gasteiger partial charge in [0.15, 0.2) is 0 Å². The molecule has 0 spiro atoms. The second-order valence-corrected chi connectivity index (χ2v) is 6.94. The molecule has 0 aliphatic carbocycles. The van der Waals surface area contributed by atoms with E-state index in [-0.39, 0.29) is 5.41 Å². The molecule has 0 aliphatic heterocycles. The summed E-state index contributed by atoms with van der Waals surface area (Å²) >= 11 is 0. The third-order valence-electron chi connectivity index (χ3n) is 4.11. The number of aromatic nitrogens is 2. The summed E-state index contributed by atoms with van der Waals surface area (Å²) in [6.45, 7) is 7.83. The maximum Gasteiger partial charge on any atom is 0.140 e. The van der Waals surface area contributed by atoms with Crippen molar-refractivity contribution >= 4 is 11.0 Å². The fourth-order valence-corrected chi connectivity index (χ4v) is 3.02. The third-order valence-corrected chi connectivity index (χ3v) is 4.11. The highest BCUT2D eigenvalue weighted by atomic mass is 15.0. The predicted octanol–water partition coefficient (Wildman–Crippen LogP) is 4.97. The van der Waals surface area contributed by atoms with Crippen LogP contribution in [0.3, 0.4) is 0 Å². The molecule has 2 heterocycles. The molecule has 0 N–H and O–H groups in total.